The lowest BCUT2D eigenvalue weighted by Crippen LogP contribution is -1.88. The van der Waals surface area contributed by atoms with E-state index < -0.39 is 0 Å². The maximum absolute atomic E-state index is 10.8. The van der Waals surface area contributed by atoms with Gasteiger partial charge in [0.25, 0.3) is 0 Å². The number of carbonyl (C=O) groups is 1. The average molecular weight is 216 g/mol. The molecule has 0 unspecified atom stereocenters. The number of aryl methyl sites for hydroxylation is 1. The van der Waals surface area contributed by atoms with E-state index in [1.165, 1.54) is 6.26 Å². The Bertz CT molecular complexity index is 512. The highest BCUT2D eigenvalue weighted by Gasteiger charge is 2.09. The number of rotatable bonds is 3. The summed E-state index contributed by atoms with van der Waals surface area (Å²) < 4.78 is 10.2. The van der Waals surface area contributed by atoms with E-state index in [0.717, 1.165) is 28.7 Å². The fourth-order valence-corrected chi connectivity index (χ4v) is 1.70. The molecule has 0 saturated heterocycles. The van der Waals surface area contributed by atoms with E-state index in [9.17, 15) is 4.79 Å². The van der Waals surface area contributed by atoms with Crippen LogP contribution in [0.2, 0.25) is 0 Å². The van der Waals surface area contributed by atoms with E-state index in [-0.39, 0.29) is 0 Å². The lowest BCUT2D eigenvalue weighted by Gasteiger charge is -2.06. The van der Waals surface area contributed by atoms with Crippen LogP contribution in [0.25, 0.3) is 11.1 Å². The van der Waals surface area contributed by atoms with Gasteiger partial charge in [0, 0.05) is 5.56 Å². The van der Waals surface area contributed by atoms with Crippen molar-refractivity contribution in [2.75, 3.05) is 7.11 Å². The monoisotopic (exact) mass is 216 g/mol. The molecule has 0 saturated carbocycles. The number of carbonyl (C=O) groups excluding carboxylic acids is 1. The van der Waals surface area contributed by atoms with E-state index in [1.54, 1.807) is 13.2 Å². The molecule has 0 aliphatic heterocycles. The van der Waals surface area contributed by atoms with Crippen LogP contribution in [-0.2, 0) is 0 Å². The van der Waals surface area contributed by atoms with E-state index in [0.29, 0.717) is 5.76 Å². The largest absolute Gasteiger partial charge is 0.496 e. The second-order valence-electron chi connectivity index (χ2n) is 3.50. The maximum Gasteiger partial charge on any atom is 0.185 e. The number of methoxy groups -OCH3 is 1. The van der Waals surface area contributed by atoms with Gasteiger partial charge >= 0.3 is 0 Å². The van der Waals surface area contributed by atoms with Gasteiger partial charge in [-0.25, -0.2) is 0 Å². The minimum absolute atomic E-state index is 0.351. The van der Waals surface area contributed by atoms with Crippen LogP contribution in [0.15, 0.2) is 34.9 Å². The minimum Gasteiger partial charge on any atom is -0.496 e. The van der Waals surface area contributed by atoms with Crippen molar-refractivity contribution in [3.05, 3.63) is 41.9 Å². The number of benzene rings is 1. The molecule has 2 rings (SSSR count). The van der Waals surface area contributed by atoms with Crippen molar-refractivity contribution >= 4 is 6.29 Å². The first-order valence-electron chi connectivity index (χ1n) is 4.94. The van der Waals surface area contributed by atoms with Gasteiger partial charge in [0.05, 0.1) is 13.4 Å². The molecule has 0 bridgehead atoms. The summed E-state index contributed by atoms with van der Waals surface area (Å²) in [5, 5.41) is 0. The molecule has 0 fully saturated rings. The van der Waals surface area contributed by atoms with Gasteiger partial charge in [-0.05, 0) is 36.2 Å². The molecule has 82 valence electrons. The molecular formula is C13H12O3. The second kappa shape index (κ2) is 4.23. The Kier molecular flexibility index (Phi) is 2.77. The van der Waals surface area contributed by atoms with Gasteiger partial charge < -0.3 is 9.15 Å². The Hall–Kier alpha value is -2.03. The molecule has 0 aliphatic rings. The fraction of sp³-hybridized carbons (Fsp3) is 0.154. The summed E-state index contributed by atoms with van der Waals surface area (Å²) in [6, 6.07) is 7.54. The van der Waals surface area contributed by atoms with E-state index in [2.05, 4.69) is 0 Å². The Labute approximate surface area is 93.7 Å². The summed E-state index contributed by atoms with van der Waals surface area (Å²) in [7, 11) is 1.64. The van der Waals surface area contributed by atoms with Crippen LogP contribution in [0.3, 0.4) is 0 Å². The number of hydrogen-bond acceptors (Lipinski definition) is 3. The van der Waals surface area contributed by atoms with Crippen molar-refractivity contribution in [1.29, 1.82) is 0 Å². The zero-order valence-corrected chi connectivity index (χ0v) is 9.19. The van der Waals surface area contributed by atoms with Crippen molar-refractivity contribution in [1.82, 2.24) is 0 Å². The number of hydrogen-bond donors (Lipinski definition) is 0. The molecule has 3 nitrogen and oxygen atoms in total. The van der Waals surface area contributed by atoms with Crippen molar-refractivity contribution < 1.29 is 13.9 Å². The lowest BCUT2D eigenvalue weighted by atomic mass is 10.0. The molecule has 2 aromatic rings. The molecule has 0 atom stereocenters. The first-order chi connectivity index (χ1) is 7.76. The van der Waals surface area contributed by atoms with Crippen molar-refractivity contribution in [2.45, 2.75) is 6.92 Å². The molecule has 0 spiro atoms. The zero-order chi connectivity index (χ0) is 11.5. The van der Waals surface area contributed by atoms with Gasteiger partial charge in [-0.3, -0.25) is 4.79 Å². The molecule has 1 aromatic carbocycles. The number of aldehydes is 1. The van der Waals surface area contributed by atoms with Gasteiger partial charge in [0.2, 0.25) is 0 Å². The molecule has 0 aliphatic carbocycles. The Morgan fingerprint density at radius 2 is 2.12 bits per heavy atom. The smallest absolute Gasteiger partial charge is 0.185 e. The number of furan rings is 1. The molecule has 0 radical (unpaired) electrons. The normalized spacial score (nSPS) is 10.1. The zero-order valence-electron chi connectivity index (χ0n) is 9.19. The summed E-state index contributed by atoms with van der Waals surface area (Å²) in [4.78, 5) is 10.8. The first kappa shape index (κ1) is 10.5. The van der Waals surface area contributed by atoms with Gasteiger partial charge in [-0.1, -0.05) is 6.07 Å². The van der Waals surface area contributed by atoms with Crippen LogP contribution < -0.4 is 4.74 Å². The molecule has 16 heavy (non-hydrogen) atoms. The molecule has 3 heteroatoms. The predicted molar refractivity (Wildman–Crippen MR) is 60.8 cm³/mol. The molecule has 1 heterocycles. The SMILES string of the molecule is COc1ccc(-c2ccoc2C=O)cc1C. The van der Waals surface area contributed by atoms with Crippen molar-refractivity contribution in [3.63, 3.8) is 0 Å². The molecule has 1 aromatic heterocycles. The van der Waals surface area contributed by atoms with Crippen LogP contribution >= 0.6 is 0 Å². The van der Waals surface area contributed by atoms with Crippen LogP contribution in [-0.4, -0.2) is 13.4 Å². The summed E-state index contributed by atoms with van der Waals surface area (Å²) in [6.45, 7) is 1.96. The summed E-state index contributed by atoms with van der Waals surface area (Å²) in [5.74, 6) is 1.18. The third-order valence-corrected chi connectivity index (χ3v) is 2.51. The fourth-order valence-electron chi connectivity index (χ4n) is 1.70. The summed E-state index contributed by atoms with van der Waals surface area (Å²) >= 11 is 0. The Morgan fingerprint density at radius 3 is 2.75 bits per heavy atom. The van der Waals surface area contributed by atoms with E-state index in [4.69, 9.17) is 9.15 Å². The summed E-state index contributed by atoms with van der Waals surface area (Å²) in [5.41, 5.74) is 2.79. The highest BCUT2D eigenvalue weighted by molar-refractivity contribution is 5.84. The maximum atomic E-state index is 10.8. The average Bonchev–Trinajstić information content (AvgIpc) is 2.77. The van der Waals surface area contributed by atoms with E-state index >= 15 is 0 Å². The standard InChI is InChI=1S/C13H12O3/c1-9-7-10(3-4-12(9)15-2)11-5-6-16-13(11)8-14/h3-8H,1-2H3. The van der Waals surface area contributed by atoms with E-state index in [1.807, 2.05) is 25.1 Å². The van der Waals surface area contributed by atoms with Crippen LogP contribution in [0, 0.1) is 6.92 Å². The topological polar surface area (TPSA) is 39.4 Å². The van der Waals surface area contributed by atoms with Crippen LogP contribution in [0.5, 0.6) is 5.75 Å². The van der Waals surface area contributed by atoms with Crippen molar-refractivity contribution in [3.8, 4) is 16.9 Å². The highest BCUT2D eigenvalue weighted by Crippen LogP contribution is 2.28. The van der Waals surface area contributed by atoms with Crippen LogP contribution in [0.4, 0.5) is 0 Å². The van der Waals surface area contributed by atoms with Gasteiger partial charge in [-0.2, -0.15) is 0 Å². The molecule has 0 N–H and O–H groups in total. The Balaban J connectivity index is 2.49. The first-order valence-corrected chi connectivity index (χ1v) is 4.94. The Morgan fingerprint density at radius 1 is 1.31 bits per heavy atom. The lowest BCUT2D eigenvalue weighted by molar-refractivity contribution is 0.110. The third kappa shape index (κ3) is 1.72. The predicted octanol–water partition coefficient (Wildman–Crippen LogP) is 3.08. The highest BCUT2D eigenvalue weighted by atomic mass is 16.5. The van der Waals surface area contributed by atoms with Crippen molar-refractivity contribution in [2.24, 2.45) is 0 Å². The van der Waals surface area contributed by atoms with Gasteiger partial charge in [0.15, 0.2) is 12.0 Å². The second-order valence-corrected chi connectivity index (χ2v) is 3.50. The van der Waals surface area contributed by atoms with Gasteiger partial charge in [0.1, 0.15) is 5.75 Å². The quantitative estimate of drug-likeness (QED) is 0.740. The van der Waals surface area contributed by atoms with Crippen LogP contribution in [0.1, 0.15) is 16.1 Å². The number of ether oxygens (including phenoxy) is 1. The molecule has 0 amide bonds. The molecular weight excluding hydrogens is 204 g/mol. The van der Waals surface area contributed by atoms with Gasteiger partial charge in [-0.15, -0.1) is 0 Å². The summed E-state index contributed by atoms with van der Waals surface area (Å²) in [6.07, 6.45) is 2.23. The third-order valence-electron chi connectivity index (χ3n) is 2.51. The minimum atomic E-state index is 0.351.